The first kappa shape index (κ1) is 13.3. The molecular weight excluding hydrogens is 248 g/mol. The summed E-state index contributed by atoms with van der Waals surface area (Å²) in [6.07, 6.45) is 1.67. The van der Waals surface area contributed by atoms with Crippen LogP contribution in [0.4, 0.5) is 5.13 Å². The Kier molecular flexibility index (Phi) is 4.16. The molecule has 0 spiro atoms. The second-order valence-electron chi connectivity index (χ2n) is 5.06. The van der Waals surface area contributed by atoms with Gasteiger partial charge in [-0.05, 0) is 12.3 Å². The van der Waals surface area contributed by atoms with E-state index in [0.29, 0.717) is 18.3 Å². The van der Waals surface area contributed by atoms with Gasteiger partial charge in [-0.3, -0.25) is 4.79 Å². The molecule has 0 aliphatic carbocycles. The Morgan fingerprint density at radius 3 is 2.94 bits per heavy atom. The van der Waals surface area contributed by atoms with Crippen molar-refractivity contribution < 1.29 is 4.79 Å². The number of hydrogen-bond donors (Lipinski definition) is 1. The van der Waals surface area contributed by atoms with Crippen molar-refractivity contribution in [2.45, 2.75) is 32.6 Å². The van der Waals surface area contributed by atoms with Crippen LogP contribution in [0.2, 0.25) is 0 Å². The zero-order chi connectivity index (χ0) is 13.1. The van der Waals surface area contributed by atoms with Crippen molar-refractivity contribution in [3.05, 3.63) is 5.01 Å². The molecule has 1 aliphatic heterocycles. The van der Waals surface area contributed by atoms with Gasteiger partial charge < -0.3 is 10.2 Å². The fourth-order valence-electron chi connectivity index (χ4n) is 2.12. The van der Waals surface area contributed by atoms with Crippen molar-refractivity contribution in [2.24, 2.45) is 5.92 Å². The van der Waals surface area contributed by atoms with Crippen molar-refractivity contribution in [1.29, 1.82) is 0 Å². The van der Waals surface area contributed by atoms with Crippen LogP contribution in [0.1, 0.15) is 37.6 Å². The summed E-state index contributed by atoms with van der Waals surface area (Å²) in [4.78, 5) is 13.6. The molecule has 0 radical (unpaired) electrons. The summed E-state index contributed by atoms with van der Waals surface area (Å²) in [5, 5.41) is 13.2. The van der Waals surface area contributed by atoms with Gasteiger partial charge in [-0.2, -0.15) is 0 Å². The van der Waals surface area contributed by atoms with Crippen molar-refractivity contribution in [3.63, 3.8) is 0 Å². The Balaban J connectivity index is 1.93. The average Bonchev–Trinajstić information content (AvgIpc) is 2.96. The molecule has 1 fully saturated rings. The highest BCUT2D eigenvalue weighted by Gasteiger charge is 2.26. The SMILES string of the molecule is CNC(=O)C[C@@H]1CCN(c2nnc(C(C)C)s2)C1. The molecule has 0 aromatic carbocycles. The highest BCUT2D eigenvalue weighted by Crippen LogP contribution is 2.30. The Hall–Kier alpha value is -1.17. The number of nitrogens with zero attached hydrogens (tertiary/aromatic N) is 3. The number of carbonyl (C=O) groups excluding carboxylic acids is 1. The number of hydrogen-bond acceptors (Lipinski definition) is 5. The monoisotopic (exact) mass is 268 g/mol. The molecular formula is C12H20N4OS. The van der Waals surface area contributed by atoms with Crippen LogP contribution in [-0.4, -0.2) is 36.2 Å². The van der Waals surface area contributed by atoms with Gasteiger partial charge in [-0.15, -0.1) is 10.2 Å². The third kappa shape index (κ3) is 2.98. The predicted octanol–water partition coefficient (Wildman–Crippen LogP) is 1.62. The molecule has 2 rings (SSSR count). The van der Waals surface area contributed by atoms with E-state index in [1.807, 2.05) is 0 Å². The van der Waals surface area contributed by atoms with Crippen LogP contribution < -0.4 is 10.2 Å². The van der Waals surface area contributed by atoms with Crippen LogP contribution in [0.25, 0.3) is 0 Å². The maximum Gasteiger partial charge on any atom is 0.220 e. The molecule has 1 atom stereocenters. The summed E-state index contributed by atoms with van der Waals surface area (Å²) < 4.78 is 0. The average molecular weight is 268 g/mol. The normalized spacial score (nSPS) is 19.6. The maximum atomic E-state index is 11.3. The second kappa shape index (κ2) is 5.65. The number of amides is 1. The van der Waals surface area contributed by atoms with E-state index in [2.05, 4.69) is 34.3 Å². The summed E-state index contributed by atoms with van der Waals surface area (Å²) in [5.41, 5.74) is 0. The highest BCUT2D eigenvalue weighted by atomic mass is 32.1. The lowest BCUT2D eigenvalue weighted by molar-refractivity contribution is -0.121. The van der Waals surface area contributed by atoms with Crippen LogP contribution in [-0.2, 0) is 4.79 Å². The largest absolute Gasteiger partial charge is 0.359 e. The van der Waals surface area contributed by atoms with Gasteiger partial charge in [0.2, 0.25) is 11.0 Å². The van der Waals surface area contributed by atoms with Crippen LogP contribution >= 0.6 is 11.3 Å². The van der Waals surface area contributed by atoms with E-state index in [9.17, 15) is 4.79 Å². The molecule has 1 amide bonds. The number of carbonyl (C=O) groups is 1. The minimum absolute atomic E-state index is 0.127. The maximum absolute atomic E-state index is 11.3. The molecule has 2 heterocycles. The van der Waals surface area contributed by atoms with E-state index in [1.54, 1.807) is 18.4 Å². The zero-order valence-electron chi connectivity index (χ0n) is 11.1. The number of rotatable bonds is 4. The Morgan fingerprint density at radius 2 is 2.33 bits per heavy atom. The minimum atomic E-state index is 0.127. The quantitative estimate of drug-likeness (QED) is 0.901. The van der Waals surface area contributed by atoms with Gasteiger partial charge in [0, 0.05) is 32.5 Å². The van der Waals surface area contributed by atoms with Crippen LogP contribution in [0.5, 0.6) is 0 Å². The standard InChI is InChI=1S/C12H20N4OS/c1-8(2)11-14-15-12(18-11)16-5-4-9(7-16)6-10(17)13-3/h8-9H,4-7H2,1-3H3,(H,13,17)/t9-/m0/s1. The van der Waals surface area contributed by atoms with E-state index in [0.717, 1.165) is 29.6 Å². The Morgan fingerprint density at radius 1 is 1.56 bits per heavy atom. The molecule has 100 valence electrons. The van der Waals surface area contributed by atoms with Crippen LogP contribution in [0.15, 0.2) is 0 Å². The molecule has 5 nitrogen and oxygen atoms in total. The van der Waals surface area contributed by atoms with Gasteiger partial charge in [-0.25, -0.2) is 0 Å². The van der Waals surface area contributed by atoms with Gasteiger partial charge in [0.1, 0.15) is 5.01 Å². The molecule has 1 saturated heterocycles. The molecule has 0 bridgehead atoms. The summed E-state index contributed by atoms with van der Waals surface area (Å²) >= 11 is 1.67. The molecule has 1 aromatic rings. The lowest BCUT2D eigenvalue weighted by Gasteiger charge is -2.13. The van der Waals surface area contributed by atoms with E-state index >= 15 is 0 Å². The topological polar surface area (TPSA) is 58.1 Å². The predicted molar refractivity (Wildman–Crippen MR) is 73.0 cm³/mol. The van der Waals surface area contributed by atoms with Gasteiger partial charge >= 0.3 is 0 Å². The Labute approximate surface area is 112 Å². The van der Waals surface area contributed by atoms with Gasteiger partial charge in [0.25, 0.3) is 0 Å². The van der Waals surface area contributed by atoms with E-state index in [-0.39, 0.29) is 5.91 Å². The third-order valence-electron chi connectivity index (χ3n) is 3.23. The number of nitrogens with one attached hydrogen (secondary N) is 1. The molecule has 18 heavy (non-hydrogen) atoms. The molecule has 6 heteroatoms. The fraction of sp³-hybridized carbons (Fsp3) is 0.750. The first-order valence-corrected chi connectivity index (χ1v) is 7.20. The van der Waals surface area contributed by atoms with Gasteiger partial charge in [0.15, 0.2) is 0 Å². The van der Waals surface area contributed by atoms with Gasteiger partial charge in [0.05, 0.1) is 0 Å². The molecule has 0 unspecified atom stereocenters. The van der Waals surface area contributed by atoms with Crippen molar-refractivity contribution in [3.8, 4) is 0 Å². The number of aromatic nitrogens is 2. The molecule has 1 aliphatic rings. The third-order valence-corrected chi connectivity index (χ3v) is 4.52. The summed E-state index contributed by atoms with van der Waals surface area (Å²) in [5.74, 6) is 0.999. The highest BCUT2D eigenvalue weighted by molar-refractivity contribution is 7.15. The first-order chi connectivity index (χ1) is 8.60. The molecule has 1 aromatic heterocycles. The van der Waals surface area contributed by atoms with Crippen LogP contribution in [0, 0.1) is 5.92 Å². The summed E-state index contributed by atoms with van der Waals surface area (Å²) in [6, 6.07) is 0. The lowest BCUT2D eigenvalue weighted by Crippen LogP contribution is -2.24. The van der Waals surface area contributed by atoms with Crippen molar-refractivity contribution >= 4 is 22.4 Å². The molecule has 0 saturated carbocycles. The van der Waals surface area contributed by atoms with E-state index < -0.39 is 0 Å². The number of anilines is 1. The van der Waals surface area contributed by atoms with Crippen molar-refractivity contribution in [2.75, 3.05) is 25.0 Å². The second-order valence-corrected chi connectivity index (χ2v) is 6.04. The fourth-order valence-corrected chi connectivity index (χ4v) is 3.01. The zero-order valence-corrected chi connectivity index (χ0v) is 12.0. The first-order valence-electron chi connectivity index (χ1n) is 6.39. The van der Waals surface area contributed by atoms with E-state index in [4.69, 9.17) is 0 Å². The Bertz CT molecular complexity index is 418. The van der Waals surface area contributed by atoms with Gasteiger partial charge in [-0.1, -0.05) is 25.2 Å². The lowest BCUT2D eigenvalue weighted by atomic mass is 10.1. The van der Waals surface area contributed by atoms with Crippen molar-refractivity contribution in [1.82, 2.24) is 15.5 Å². The smallest absolute Gasteiger partial charge is 0.220 e. The van der Waals surface area contributed by atoms with Crippen LogP contribution in [0.3, 0.4) is 0 Å². The molecule has 1 N–H and O–H groups in total. The minimum Gasteiger partial charge on any atom is -0.359 e. The van der Waals surface area contributed by atoms with E-state index in [1.165, 1.54) is 0 Å². The summed E-state index contributed by atoms with van der Waals surface area (Å²) in [7, 11) is 1.69. The summed E-state index contributed by atoms with van der Waals surface area (Å²) in [6.45, 7) is 6.15.